The van der Waals surface area contributed by atoms with Gasteiger partial charge in [-0.05, 0) is 19.8 Å². The van der Waals surface area contributed by atoms with Crippen LogP contribution in [-0.4, -0.2) is 26.9 Å². The topological polar surface area (TPSA) is 76.3 Å². The number of aromatic nitrogens is 2. The second kappa shape index (κ2) is 5.54. The molecule has 1 saturated heterocycles. The number of hydrogen-bond donors (Lipinski definition) is 0. The van der Waals surface area contributed by atoms with E-state index < -0.39 is 5.41 Å². The van der Waals surface area contributed by atoms with Crippen LogP contribution in [0.4, 0.5) is 0 Å². The highest BCUT2D eigenvalue weighted by Crippen LogP contribution is 2.47. The molecule has 124 valence electrons. The van der Waals surface area contributed by atoms with Gasteiger partial charge in [0, 0.05) is 12.0 Å². The average Bonchev–Trinajstić information content (AvgIpc) is 3.27. The molecule has 2 amide bonds. The van der Waals surface area contributed by atoms with Crippen LogP contribution in [0, 0.1) is 12.3 Å². The lowest BCUT2D eigenvalue weighted by molar-refractivity contribution is -0.142. The molecule has 6 heteroatoms. The SMILES string of the molecule is Cc1ccc(-c2noc(CN3C(=O)CC4(CCCC4)C3=O)n2)cc1. The molecule has 0 bridgehead atoms. The molecule has 1 aliphatic carbocycles. The summed E-state index contributed by atoms with van der Waals surface area (Å²) in [5, 5.41) is 3.96. The van der Waals surface area contributed by atoms with Gasteiger partial charge in [0.2, 0.25) is 23.5 Å². The number of benzene rings is 1. The minimum atomic E-state index is -0.461. The number of imide groups is 1. The van der Waals surface area contributed by atoms with Crippen LogP contribution in [0.15, 0.2) is 28.8 Å². The Kier molecular flexibility index (Phi) is 3.48. The number of carbonyl (C=O) groups is 2. The van der Waals surface area contributed by atoms with Crippen molar-refractivity contribution in [3.8, 4) is 11.4 Å². The zero-order valence-corrected chi connectivity index (χ0v) is 13.6. The van der Waals surface area contributed by atoms with E-state index in [9.17, 15) is 9.59 Å². The van der Waals surface area contributed by atoms with Gasteiger partial charge in [0.1, 0.15) is 6.54 Å². The van der Waals surface area contributed by atoms with Gasteiger partial charge >= 0.3 is 0 Å². The first-order valence-electron chi connectivity index (χ1n) is 8.32. The predicted molar refractivity (Wildman–Crippen MR) is 85.5 cm³/mol. The molecule has 0 atom stereocenters. The Balaban J connectivity index is 1.53. The molecule has 2 fully saturated rings. The molecular formula is C18H19N3O3. The number of amides is 2. The van der Waals surface area contributed by atoms with Crippen LogP contribution in [0.3, 0.4) is 0 Å². The fraction of sp³-hybridized carbons (Fsp3) is 0.444. The molecule has 2 aliphatic rings. The van der Waals surface area contributed by atoms with Crippen LogP contribution < -0.4 is 0 Å². The fourth-order valence-electron chi connectivity index (χ4n) is 3.74. The maximum atomic E-state index is 12.7. The minimum Gasteiger partial charge on any atom is -0.337 e. The molecule has 1 aliphatic heterocycles. The Morgan fingerprint density at radius 2 is 1.88 bits per heavy atom. The predicted octanol–water partition coefficient (Wildman–Crippen LogP) is 2.86. The number of carbonyl (C=O) groups excluding carboxylic acids is 2. The second-order valence-corrected chi connectivity index (χ2v) is 6.83. The van der Waals surface area contributed by atoms with E-state index in [0.717, 1.165) is 36.8 Å². The molecule has 1 aromatic heterocycles. The van der Waals surface area contributed by atoms with E-state index in [1.54, 1.807) is 0 Å². The molecule has 0 N–H and O–H groups in total. The van der Waals surface area contributed by atoms with Crippen molar-refractivity contribution in [2.24, 2.45) is 5.41 Å². The third kappa shape index (κ3) is 2.42. The zero-order chi connectivity index (χ0) is 16.7. The van der Waals surface area contributed by atoms with E-state index in [0.29, 0.717) is 18.1 Å². The van der Waals surface area contributed by atoms with Crippen molar-refractivity contribution in [2.45, 2.75) is 45.6 Å². The van der Waals surface area contributed by atoms with Crippen LogP contribution in [0.25, 0.3) is 11.4 Å². The number of nitrogens with zero attached hydrogens (tertiary/aromatic N) is 3. The van der Waals surface area contributed by atoms with Gasteiger partial charge in [-0.3, -0.25) is 14.5 Å². The first kappa shape index (κ1) is 15.1. The van der Waals surface area contributed by atoms with E-state index in [1.165, 1.54) is 4.90 Å². The summed E-state index contributed by atoms with van der Waals surface area (Å²) >= 11 is 0. The van der Waals surface area contributed by atoms with Gasteiger partial charge in [0.05, 0.1) is 5.41 Å². The maximum Gasteiger partial charge on any atom is 0.247 e. The van der Waals surface area contributed by atoms with E-state index in [2.05, 4.69) is 10.1 Å². The van der Waals surface area contributed by atoms with Gasteiger partial charge in [-0.1, -0.05) is 47.8 Å². The lowest BCUT2D eigenvalue weighted by Gasteiger charge is -2.19. The summed E-state index contributed by atoms with van der Waals surface area (Å²) in [6.07, 6.45) is 3.99. The van der Waals surface area contributed by atoms with Gasteiger partial charge < -0.3 is 4.52 Å². The van der Waals surface area contributed by atoms with Crippen molar-refractivity contribution < 1.29 is 14.1 Å². The molecule has 2 aromatic rings. The maximum absolute atomic E-state index is 12.7. The van der Waals surface area contributed by atoms with E-state index in [1.807, 2.05) is 31.2 Å². The van der Waals surface area contributed by atoms with E-state index in [4.69, 9.17) is 4.52 Å². The lowest BCUT2D eigenvalue weighted by atomic mass is 9.84. The van der Waals surface area contributed by atoms with E-state index >= 15 is 0 Å². The highest BCUT2D eigenvalue weighted by molar-refractivity contribution is 6.05. The minimum absolute atomic E-state index is 0.0677. The van der Waals surface area contributed by atoms with Gasteiger partial charge in [0.15, 0.2) is 0 Å². The smallest absolute Gasteiger partial charge is 0.247 e. The summed E-state index contributed by atoms with van der Waals surface area (Å²) < 4.78 is 5.25. The van der Waals surface area contributed by atoms with Crippen LogP contribution in [0.2, 0.25) is 0 Å². The number of likely N-dealkylation sites (tertiary alicyclic amines) is 1. The Labute approximate surface area is 139 Å². The molecule has 2 heterocycles. The third-order valence-corrected chi connectivity index (χ3v) is 5.12. The molecule has 1 aromatic carbocycles. The second-order valence-electron chi connectivity index (χ2n) is 6.83. The standard InChI is InChI=1S/C18H19N3O3/c1-12-4-6-13(7-5-12)16-19-14(24-20-16)11-21-15(22)10-18(17(21)23)8-2-3-9-18/h4-7H,2-3,8-11H2,1H3. The van der Waals surface area contributed by atoms with Crippen molar-refractivity contribution in [1.82, 2.24) is 15.0 Å². The summed E-state index contributed by atoms with van der Waals surface area (Å²) in [6, 6.07) is 7.79. The highest BCUT2D eigenvalue weighted by Gasteiger charge is 2.52. The van der Waals surface area contributed by atoms with Crippen LogP contribution >= 0.6 is 0 Å². The van der Waals surface area contributed by atoms with Gasteiger partial charge in [-0.25, -0.2) is 0 Å². The van der Waals surface area contributed by atoms with Crippen molar-refractivity contribution in [3.05, 3.63) is 35.7 Å². The van der Waals surface area contributed by atoms with E-state index in [-0.39, 0.29) is 18.4 Å². The first-order valence-corrected chi connectivity index (χ1v) is 8.32. The van der Waals surface area contributed by atoms with Gasteiger partial charge in [-0.2, -0.15) is 4.98 Å². The van der Waals surface area contributed by atoms with Crippen LogP contribution in [-0.2, 0) is 16.1 Å². The van der Waals surface area contributed by atoms with Gasteiger partial charge in [0.25, 0.3) is 0 Å². The number of aryl methyl sites for hydroxylation is 1. The molecule has 6 nitrogen and oxygen atoms in total. The zero-order valence-electron chi connectivity index (χ0n) is 13.6. The molecule has 24 heavy (non-hydrogen) atoms. The first-order chi connectivity index (χ1) is 11.6. The largest absolute Gasteiger partial charge is 0.337 e. The number of hydrogen-bond acceptors (Lipinski definition) is 5. The average molecular weight is 325 g/mol. The molecule has 4 rings (SSSR count). The Morgan fingerprint density at radius 1 is 1.17 bits per heavy atom. The number of rotatable bonds is 3. The van der Waals surface area contributed by atoms with Crippen molar-refractivity contribution >= 4 is 11.8 Å². The summed E-state index contributed by atoms with van der Waals surface area (Å²) in [5.74, 6) is 0.569. The molecule has 1 spiro atoms. The molecule has 1 saturated carbocycles. The summed E-state index contributed by atoms with van der Waals surface area (Å²) in [5.41, 5.74) is 1.54. The van der Waals surface area contributed by atoms with Crippen LogP contribution in [0.5, 0.6) is 0 Å². The Hall–Kier alpha value is -2.50. The Morgan fingerprint density at radius 3 is 2.58 bits per heavy atom. The highest BCUT2D eigenvalue weighted by atomic mass is 16.5. The summed E-state index contributed by atoms with van der Waals surface area (Å²) in [7, 11) is 0. The fourth-order valence-corrected chi connectivity index (χ4v) is 3.74. The normalized spacial score (nSPS) is 19.6. The van der Waals surface area contributed by atoms with Crippen molar-refractivity contribution in [2.75, 3.05) is 0 Å². The summed E-state index contributed by atoms with van der Waals surface area (Å²) in [4.78, 5) is 30.6. The molecule has 0 radical (unpaired) electrons. The van der Waals surface area contributed by atoms with Crippen LogP contribution in [0.1, 0.15) is 43.6 Å². The lowest BCUT2D eigenvalue weighted by Crippen LogP contribution is -2.34. The monoisotopic (exact) mass is 325 g/mol. The summed E-state index contributed by atoms with van der Waals surface area (Å²) in [6.45, 7) is 2.08. The van der Waals surface area contributed by atoms with Crippen molar-refractivity contribution in [1.29, 1.82) is 0 Å². The molecule has 0 unspecified atom stereocenters. The van der Waals surface area contributed by atoms with Gasteiger partial charge in [-0.15, -0.1) is 0 Å². The third-order valence-electron chi connectivity index (χ3n) is 5.12. The van der Waals surface area contributed by atoms with Crippen molar-refractivity contribution in [3.63, 3.8) is 0 Å². The molecular weight excluding hydrogens is 306 g/mol. The Bertz CT molecular complexity index is 788. The quantitative estimate of drug-likeness (QED) is 0.811.